The molecule has 0 radical (unpaired) electrons. The van der Waals surface area contributed by atoms with Crippen LogP contribution in [0.25, 0.3) is 0 Å². The van der Waals surface area contributed by atoms with Gasteiger partial charge in [-0.3, -0.25) is 13.6 Å². The monoisotopic (exact) mass is 220 g/mol. The van der Waals surface area contributed by atoms with E-state index in [4.69, 9.17) is 9.05 Å². The zero-order valence-corrected chi connectivity index (χ0v) is 11.1. The van der Waals surface area contributed by atoms with E-state index in [9.17, 15) is 4.57 Å². The van der Waals surface area contributed by atoms with Gasteiger partial charge in [0.2, 0.25) is 0 Å². The highest BCUT2D eigenvalue weighted by molar-refractivity contribution is 7.55. The minimum Gasteiger partial charge on any atom is -0.299 e. The molecule has 0 bridgehead atoms. The van der Waals surface area contributed by atoms with Crippen LogP contribution in [-0.4, -0.2) is 16.4 Å². The van der Waals surface area contributed by atoms with Gasteiger partial charge in [-0.05, 0) is 48.5 Å². The van der Waals surface area contributed by atoms with Gasteiger partial charge in [-0.25, -0.2) is 0 Å². The predicted molar refractivity (Wildman–Crippen MR) is 57.7 cm³/mol. The summed E-state index contributed by atoms with van der Waals surface area (Å²) < 4.78 is 23.7. The minimum absolute atomic E-state index is 0.460. The van der Waals surface area contributed by atoms with Crippen molar-refractivity contribution in [2.24, 2.45) is 0 Å². The molecule has 0 atom stereocenters. The Bertz CT molecular complexity index is 266. The van der Waals surface area contributed by atoms with E-state index >= 15 is 0 Å². The van der Waals surface area contributed by atoms with Gasteiger partial charge in [0.1, 0.15) is 11.2 Å². The molecule has 3 nitrogen and oxygen atoms in total. The number of hydrogen-bond donors (Lipinski definition) is 0. The summed E-state index contributed by atoms with van der Waals surface area (Å²) in [5.41, 5.74) is -1.01. The summed E-state index contributed by atoms with van der Waals surface area (Å²) >= 11 is 0. The molecule has 14 heavy (non-hydrogen) atoms. The van der Waals surface area contributed by atoms with Crippen molar-refractivity contribution in [2.45, 2.75) is 64.8 Å². The topological polar surface area (TPSA) is 35.5 Å². The van der Waals surface area contributed by atoms with Gasteiger partial charge < -0.3 is 0 Å². The number of rotatable bonds is 0. The molecule has 0 aromatic heterocycles. The molecule has 1 aliphatic heterocycles. The average Bonchev–Trinajstić information content (AvgIpc) is 1.95. The lowest BCUT2D eigenvalue weighted by Gasteiger charge is -2.29. The SMILES string of the molecule is CC1(C)OP(=O)(C(C)(C)C)OC1(C)C. The highest BCUT2D eigenvalue weighted by atomic mass is 31.2. The average molecular weight is 220 g/mol. The maximum absolute atomic E-state index is 12.4. The van der Waals surface area contributed by atoms with E-state index in [0.29, 0.717) is 0 Å². The van der Waals surface area contributed by atoms with Crippen LogP contribution in [0.5, 0.6) is 0 Å². The molecule has 0 aromatic carbocycles. The van der Waals surface area contributed by atoms with E-state index in [1.807, 2.05) is 48.5 Å². The quantitative estimate of drug-likeness (QED) is 0.585. The Morgan fingerprint density at radius 3 is 1.36 bits per heavy atom. The van der Waals surface area contributed by atoms with Crippen molar-refractivity contribution in [2.75, 3.05) is 0 Å². The Hall–Kier alpha value is 0.150. The van der Waals surface area contributed by atoms with Gasteiger partial charge >= 0.3 is 7.60 Å². The first kappa shape index (κ1) is 12.2. The van der Waals surface area contributed by atoms with Crippen molar-refractivity contribution >= 4 is 7.60 Å². The Kier molecular flexibility index (Phi) is 2.48. The smallest absolute Gasteiger partial charge is 0.299 e. The van der Waals surface area contributed by atoms with Crippen LogP contribution in [-0.2, 0) is 13.6 Å². The molecule has 4 heteroatoms. The lowest BCUT2D eigenvalue weighted by molar-refractivity contribution is 0.00578. The fourth-order valence-electron chi connectivity index (χ4n) is 1.11. The maximum atomic E-state index is 12.4. The van der Waals surface area contributed by atoms with Gasteiger partial charge in [-0.1, -0.05) is 0 Å². The lowest BCUT2D eigenvalue weighted by Crippen LogP contribution is -2.41. The molecule has 1 heterocycles. The fraction of sp³-hybridized carbons (Fsp3) is 1.00. The van der Waals surface area contributed by atoms with E-state index in [1.54, 1.807) is 0 Å². The van der Waals surface area contributed by atoms with Crippen molar-refractivity contribution in [3.63, 3.8) is 0 Å². The highest BCUT2D eigenvalue weighted by Gasteiger charge is 2.59. The second-order valence-corrected chi connectivity index (χ2v) is 8.57. The minimum atomic E-state index is -3.00. The Labute approximate surface area is 86.7 Å². The van der Waals surface area contributed by atoms with E-state index in [0.717, 1.165) is 0 Å². The van der Waals surface area contributed by atoms with Crippen LogP contribution in [0.2, 0.25) is 0 Å². The highest BCUT2D eigenvalue weighted by Crippen LogP contribution is 2.70. The van der Waals surface area contributed by atoms with Crippen LogP contribution in [0.4, 0.5) is 0 Å². The van der Waals surface area contributed by atoms with Crippen LogP contribution in [0.3, 0.4) is 0 Å². The van der Waals surface area contributed by atoms with Gasteiger partial charge in [-0.15, -0.1) is 0 Å². The van der Waals surface area contributed by atoms with Gasteiger partial charge in [0.05, 0.1) is 5.16 Å². The molecule has 0 aromatic rings. The molecular weight excluding hydrogens is 199 g/mol. The molecule has 84 valence electrons. The standard InChI is InChI=1S/C10H21O3P/c1-8(2,3)14(11)12-9(4,5)10(6,7)13-14/h1-7H3. The van der Waals surface area contributed by atoms with Crippen molar-refractivity contribution in [1.29, 1.82) is 0 Å². The summed E-state index contributed by atoms with van der Waals surface area (Å²) in [5.74, 6) is 0. The zero-order valence-electron chi connectivity index (χ0n) is 10.2. The Morgan fingerprint density at radius 1 is 0.929 bits per heavy atom. The molecule has 0 spiro atoms. The molecular formula is C10H21O3P. The second-order valence-electron chi connectivity index (χ2n) is 5.87. The summed E-state index contributed by atoms with van der Waals surface area (Å²) in [6.45, 7) is 13.3. The van der Waals surface area contributed by atoms with Crippen LogP contribution in [0.1, 0.15) is 48.5 Å². The third-order valence-electron chi connectivity index (χ3n) is 2.97. The zero-order chi connectivity index (χ0) is 11.4. The van der Waals surface area contributed by atoms with E-state index in [1.165, 1.54) is 0 Å². The van der Waals surface area contributed by atoms with Crippen molar-refractivity contribution in [3.8, 4) is 0 Å². The first-order valence-electron chi connectivity index (χ1n) is 4.93. The van der Waals surface area contributed by atoms with Gasteiger partial charge in [0.25, 0.3) is 0 Å². The van der Waals surface area contributed by atoms with Gasteiger partial charge in [0, 0.05) is 0 Å². The van der Waals surface area contributed by atoms with Gasteiger partial charge in [0.15, 0.2) is 0 Å². The molecule has 0 unspecified atom stereocenters. The third-order valence-corrected chi connectivity index (χ3v) is 6.01. The van der Waals surface area contributed by atoms with Crippen molar-refractivity contribution in [1.82, 2.24) is 0 Å². The van der Waals surface area contributed by atoms with Gasteiger partial charge in [-0.2, -0.15) is 0 Å². The van der Waals surface area contributed by atoms with Crippen LogP contribution in [0, 0.1) is 0 Å². The van der Waals surface area contributed by atoms with Crippen LogP contribution < -0.4 is 0 Å². The summed E-state index contributed by atoms with van der Waals surface area (Å²) in [6, 6.07) is 0. The maximum Gasteiger partial charge on any atom is 0.337 e. The normalized spacial score (nSPS) is 29.1. The summed E-state index contributed by atoms with van der Waals surface area (Å²) in [6.07, 6.45) is 0. The van der Waals surface area contributed by atoms with Crippen molar-refractivity contribution in [3.05, 3.63) is 0 Å². The summed E-state index contributed by atoms with van der Waals surface area (Å²) in [5, 5.41) is -0.460. The Morgan fingerprint density at radius 2 is 1.21 bits per heavy atom. The molecule has 0 aliphatic carbocycles. The largest absolute Gasteiger partial charge is 0.337 e. The molecule has 1 saturated heterocycles. The molecule has 1 aliphatic rings. The lowest BCUT2D eigenvalue weighted by atomic mass is 9.90. The van der Waals surface area contributed by atoms with Crippen molar-refractivity contribution < 1.29 is 13.6 Å². The second kappa shape index (κ2) is 2.84. The predicted octanol–water partition coefficient (Wildman–Crippen LogP) is 3.58. The van der Waals surface area contributed by atoms with E-state index in [2.05, 4.69) is 0 Å². The van der Waals surface area contributed by atoms with E-state index in [-0.39, 0.29) is 0 Å². The molecule has 0 amide bonds. The summed E-state index contributed by atoms with van der Waals surface area (Å²) in [7, 11) is -3.00. The molecule has 1 rings (SSSR count). The summed E-state index contributed by atoms with van der Waals surface area (Å²) in [4.78, 5) is 0. The van der Waals surface area contributed by atoms with E-state index < -0.39 is 24.0 Å². The number of hydrogen-bond acceptors (Lipinski definition) is 3. The molecule has 1 fully saturated rings. The first-order valence-corrected chi connectivity index (χ1v) is 6.47. The van der Waals surface area contributed by atoms with Crippen LogP contribution >= 0.6 is 7.60 Å². The third kappa shape index (κ3) is 1.66. The first-order chi connectivity index (χ1) is 5.91. The Balaban J connectivity index is 3.10. The fourth-order valence-corrected chi connectivity index (χ4v) is 3.34. The van der Waals surface area contributed by atoms with Crippen LogP contribution in [0.15, 0.2) is 0 Å². The molecule has 0 saturated carbocycles. The molecule has 0 N–H and O–H groups in total.